The number of carbonyl (C=O) groups excluding carboxylic acids is 1. The lowest BCUT2D eigenvalue weighted by Crippen LogP contribution is -2.45. The Morgan fingerprint density at radius 3 is 2.21 bits per heavy atom. The first-order valence-electron chi connectivity index (χ1n) is 9.35. The molecule has 1 aromatic rings. The minimum Gasteiger partial charge on any atom is -0.490 e. The maximum absolute atomic E-state index is 12.9. The van der Waals surface area contributed by atoms with E-state index < -0.39 is 0 Å². The highest BCUT2D eigenvalue weighted by Crippen LogP contribution is 2.57. The van der Waals surface area contributed by atoms with E-state index in [0.29, 0.717) is 17.1 Å². The minimum atomic E-state index is -0.247. The van der Waals surface area contributed by atoms with Gasteiger partial charge in [0.15, 0.2) is 0 Å². The molecule has 1 spiro atoms. The molecule has 3 fully saturated rings. The van der Waals surface area contributed by atoms with Gasteiger partial charge in [0, 0.05) is 31.8 Å². The predicted octanol–water partition coefficient (Wildman–Crippen LogP) is 4.17. The Kier molecular flexibility index (Phi) is 4.23. The number of amides is 1. The maximum Gasteiger partial charge on any atom is 0.225 e. The molecule has 4 heteroatoms. The summed E-state index contributed by atoms with van der Waals surface area (Å²) in [6.45, 7) is 1.57. The van der Waals surface area contributed by atoms with Crippen LogP contribution in [0.5, 0.6) is 5.75 Å². The van der Waals surface area contributed by atoms with Gasteiger partial charge in [-0.15, -0.1) is 0 Å². The van der Waals surface area contributed by atoms with Crippen molar-refractivity contribution in [3.05, 3.63) is 30.1 Å². The monoisotopic (exact) mass is 331 g/mol. The number of hydrogen-bond donors (Lipinski definition) is 0. The van der Waals surface area contributed by atoms with Crippen LogP contribution >= 0.6 is 0 Å². The Morgan fingerprint density at radius 1 is 1.00 bits per heavy atom. The van der Waals surface area contributed by atoms with Crippen molar-refractivity contribution in [3.8, 4) is 5.75 Å². The van der Waals surface area contributed by atoms with E-state index >= 15 is 0 Å². The molecule has 0 aromatic heterocycles. The molecule has 0 N–H and O–H groups in total. The molecular formula is C20H26FNO2. The number of benzene rings is 1. The number of nitrogens with zero attached hydrogens (tertiary/aromatic N) is 1. The van der Waals surface area contributed by atoms with Crippen LogP contribution in [0.25, 0.3) is 0 Å². The van der Waals surface area contributed by atoms with Gasteiger partial charge in [-0.1, -0.05) is 0 Å². The highest BCUT2D eigenvalue weighted by atomic mass is 19.1. The fourth-order valence-electron chi connectivity index (χ4n) is 4.31. The summed E-state index contributed by atoms with van der Waals surface area (Å²) in [5.41, 5.74) is 0.646. The number of hydrogen-bond acceptors (Lipinski definition) is 2. The highest BCUT2D eigenvalue weighted by molar-refractivity contribution is 5.79. The lowest BCUT2D eigenvalue weighted by Gasteiger charge is -2.36. The zero-order chi connectivity index (χ0) is 16.6. The molecule has 24 heavy (non-hydrogen) atoms. The van der Waals surface area contributed by atoms with Crippen LogP contribution in [0.1, 0.15) is 51.4 Å². The third kappa shape index (κ3) is 3.42. The highest BCUT2D eigenvalue weighted by Gasteiger charge is 2.46. The van der Waals surface area contributed by atoms with E-state index in [9.17, 15) is 9.18 Å². The van der Waals surface area contributed by atoms with Gasteiger partial charge < -0.3 is 9.64 Å². The summed E-state index contributed by atoms with van der Waals surface area (Å²) in [5, 5.41) is 0. The Labute approximate surface area is 143 Å². The molecule has 0 atom stereocenters. The second kappa shape index (κ2) is 6.38. The number of piperidine rings is 1. The van der Waals surface area contributed by atoms with E-state index in [4.69, 9.17) is 4.74 Å². The van der Waals surface area contributed by atoms with Crippen molar-refractivity contribution in [1.82, 2.24) is 4.90 Å². The fourth-order valence-corrected chi connectivity index (χ4v) is 4.31. The summed E-state index contributed by atoms with van der Waals surface area (Å²) in [5.74, 6) is 1.09. The van der Waals surface area contributed by atoms with E-state index in [1.807, 2.05) is 4.90 Å². The van der Waals surface area contributed by atoms with Gasteiger partial charge in [0.25, 0.3) is 0 Å². The molecule has 2 aliphatic carbocycles. The third-order valence-electron chi connectivity index (χ3n) is 6.22. The molecule has 0 bridgehead atoms. The van der Waals surface area contributed by atoms with Gasteiger partial charge in [0.2, 0.25) is 5.91 Å². The maximum atomic E-state index is 12.9. The van der Waals surface area contributed by atoms with Crippen molar-refractivity contribution in [2.45, 2.75) is 57.5 Å². The van der Waals surface area contributed by atoms with E-state index in [1.54, 1.807) is 12.1 Å². The zero-order valence-corrected chi connectivity index (χ0v) is 14.2. The molecule has 1 saturated heterocycles. The average molecular weight is 331 g/mol. The Balaban J connectivity index is 1.25. The number of likely N-dealkylation sites (tertiary alicyclic amines) is 1. The first-order valence-corrected chi connectivity index (χ1v) is 9.35. The first-order chi connectivity index (χ1) is 11.6. The van der Waals surface area contributed by atoms with Crippen molar-refractivity contribution in [3.63, 3.8) is 0 Å². The molecule has 130 valence electrons. The first kappa shape index (κ1) is 15.9. The largest absolute Gasteiger partial charge is 0.490 e. The van der Waals surface area contributed by atoms with Crippen molar-refractivity contribution in [2.75, 3.05) is 13.1 Å². The molecule has 2 saturated carbocycles. The van der Waals surface area contributed by atoms with E-state index in [2.05, 4.69) is 0 Å². The molecule has 1 aromatic carbocycles. The van der Waals surface area contributed by atoms with Gasteiger partial charge in [-0.05, 0) is 68.2 Å². The quantitative estimate of drug-likeness (QED) is 0.832. The Hall–Kier alpha value is -1.58. The molecule has 3 nitrogen and oxygen atoms in total. The summed E-state index contributed by atoms with van der Waals surface area (Å²) in [7, 11) is 0. The van der Waals surface area contributed by atoms with Gasteiger partial charge >= 0.3 is 0 Å². The third-order valence-corrected chi connectivity index (χ3v) is 6.22. The van der Waals surface area contributed by atoms with Gasteiger partial charge in [-0.2, -0.15) is 0 Å². The summed E-state index contributed by atoms with van der Waals surface area (Å²) < 4.78 is 18.8. The lowest BCUT2D eigenvalue weighted by molar-refractivity contribution is -0.138. The molecule has 1 aliphatic heterocycles. The van der Waals surface area contributed by atoms with Gasteiger partial charge in [-0.25, -0.2) is 4.39 Å². The molecule has 3 aliphatic rings. The molecule has 1 amide bonds. The summed E-state index contributed by atoms with van der Waals surface area (Å²) in [6, 6.07) is 6.18. The second-order valence-electron chi connectivity index (χ2n) is 7.87. The molecule has 0 unspecified atom stereocenters. The lowest BCUT2D eigenvalue weighted by atomic mass is 9.79. The SMILES string of the molecule is O=C(C1CCC2(CC1)CC2)N1CCC(Oc2ccc(F)cc2)CC1. The fraction of sp³-hybridized carbons (Fsp3) is 0.650. The number of rotatable bonds is 3. The van der Waals surface area contributed by atoms with Crippen LogP contribution in [-0.2, 0) is 4.79 Å². The second-order valence-corrected chi connectivity index (χ2v) is 7.87. The van der Waals surface area contributed by atoms with E-state index in [-0.39, 0.29) is 17.8 Å². The molecule has 1 heterocycles. The predicted molar refractivity (Wildman–Crippen MR) is 90.3 cm³/mol. The molecule has 0 radical (unpaired) electrons. The van der Waals surface area contributed by atoms with Crippen molar-refractivity contribution in [2.24, 2.45) is 11.3 Å². The van der Waals surface area contributed by atoms with Crippen LogP contribution in [-0.4, -0.2) is 30.0 Å². The number of halogens is 1. The average Bonchev–Trinajstić information content (AvgIpc) is 3.37. The summed E-state index contributed by atoms with van der Waals surface area (Å²) in [4.78, 5) is 14.8. The number of carbonyl (C=O) groups is 1. The van der Waals surface area contributed by atoms with E-state index in [1.165, 1.54) is 37.8 Å². The van der Waals surface area contributed by atoms with Crippen LogP contribution in [0.3, 0.4) is 0 Å². The van der Waals surface area contributed by atoms with Gasteiger partial charge in [-0.3, -0.25) is 4.79 Å². The van der Waals surface area contributed by atoms with Crippen molar-refractivity contribution >= 4 is 5.91 Å². The van der Waals surface area contributed by atoms with Crippen LogP contribution in [0.4, 0.5) is 4.39 Å². The van der Waals surface area contributed by atoms with Crippen LogP contribution in [0.15, 0.2) is 24.3 Å². The summed E-state index contributed by atoms with van der Waals surface area (Å²) in [6.07, 6.45) is 9.32. The van der Waals surface area contributed by atoms with Gasteiger partial charge in [0.05, 0.1) is 0 Å². The van der Waals surface area contributed by atoms with Crippen LogP contribution in [0, 0.1) is 17.2 Å². The Morgan fingerprint density at radius 2 is 1.62 bits per heavy atom. The van der Waals surface area contributed by atoms with E-state index in [0.717, 1.165) is 38.8 Å². The summed E-state index contributed by atoms with van der Waals surface area (Å²) >= 11 is 0. The molecular weight excluding hydrogens is 305 g/mol. The van der Waals surface area contributed by atoms with Crippen LogP contribution in [0.2, 0.25) is 0 Å². The van der Waals surface area contributed by atoms with Crippen molar-refractivity contribution < 1.29 is 13.9 Å². The zero-order valence-electron chi connectivity index (χ0n) is 14.2. The minimum absolute atomic E-state index is 0.126. The standard InChI is InChI=1S/C20H26FNO2/c21-16-1-3-17(4-2-16)24-18-7-13-22(14-8-18)19(23)15-5-9-20(10-6-15)11-12-20/h1-4,15,18H,5-14H2. The Bertz CT molecular complexity index is 578. The number of ether oxygens (including phenoxy) is 1. The normalized spacial score (nSPS) is 24.1. The van der Waals surface area contributed by atoms with Crippen molar-refractivity contribution in [1.29, 1.82) is 0 Å². The molecule has 4 rings (SSSR count). The smallest absolute Gasteiger partial charge is 0.225 e. The van der Waals surface area contributed by atoms with Crippen LogP contribution < -0.4 is 4.74 Å². The topological polar surface area (TPSA) is 29.5 Å². The van der Waals surface area contributed by atoms with Gasteiger partial charge in [0.1, 0.15) is 17.7 Å².